The van der Waals surface area contributed by atoms with Crippen molar-refractivity contribution in [2.24, 2.45) is 17.8 Å². The SMILES string of the molecule is CCCCC(CC)CC(P=O)(C(=O)N(CC(C)C)CC(C)C)c1ccccc1. The highest BCUT2D eigenvalue weighted by atomic mass is 31.1. The van der Waals surface area contributed by atoms with Crippen LogP contribution in [0.2, 0.25) is 0 Å². The van der Waals surface area contributed by atoms with Gasteiger partial charge in [0.05, 0.1) is 0 Å². The van der Waals surface area contributed by atoms with Crippen LogP contribution in [0.25, 0.3) is 0 Å². The van der Waals surface area contributed by atoms with Crippen molar-refractivity contribution in [2.75, 3.05) is 13.1 Å². The van der Waals surface area contributed by atoms with Crippen LogP contribution >= 0.6 is 8.46 Å². The van der Waals surface area contributed by atoms with Crippen LogP contribution in [-0.4, -0.2) is 23.9 Å². The number of hydrogen-bond donors (Lipinski definition) is 0. The topological polar surface area (TPSA) is 37.4 Å². The van der Waals surface area contributed by atoms with Gasteiger partial charge in [-0.3, -0.25) is 9.36 Å². The van der Waals surface area contributed by atoms with Crippen LogP contribution in [0.15, 0.2) is 30.3 Å². The minimum absolute atomic E-state index is 0.0210. The van der Waals surface area contributed by atoms with E-state index in [2.05, 4.69) is 41.5 Å². The number of carbonyl (C=O) groups is 1. The fourth-order valence-corrected chi connectivity index (χ4v) is 4.72. The lowest BCUT2D eigenvalue weighted by atomic mass is 9.83. The quantitative estimate of drug-likeness (QED) is 0.334. The van der Waals surface area contributed by atoms with Crippen LogP contribution in [0.5, 0.6) is 0 Å². The van der Waals surface area contributed by atoms with Crippen molar-refractivity contribution in [1.82, 2.24) is 4.90 Å². The highest BCUT2D eigenvalue weighted by molar-refractivity contribution is 7.27. The van der Waals surface area contributed by atoms with Gasteiger partial charge in [0, 0.05) is 13.1 Å². The highest BCUT2D eigenvalue weighted by Gasteiger charge is 2.45. The molecule has 0 saturated heterocycles. The Bertz CT molecular complexity index is 578. The molecule has 0 aliphatic carbocycles. The molecule has 3 nitrogen and oxygen atoms in total. The summed E-state index contributed by atoms with van der Waals surface area (Å²) in [6, 6.07) is 9.79. The third-order valence-electron chi connectivity index (χ3n) is 5.35. The molecule has 1 amide bonds. The van der Waals surface area contributed by atoms with Gasteiger partial charge in [0.15, 0.2) is 13.6 Å². The number of hydrogen-bond acceptors (Lipinski definition) is 2. The maximum atomic E-state index is 13.9. The number of unbranched alkanes of at least 4 members (excludes halogenated alkanes) is 1. The van der Waals surface area contributed by atoms with Crippen molar-refractivity contribution in [2.45, 2.75) is 78.8 Å². The summed E-state index contributed by atoms with van der Waals surface area (Å²) in [5.41, 5.74) is 0.879. The highest BCUT2D eigenvalue weighted by Crippen LogP contribution is 2.44. The van der Waals surface area contributed by atoms with E-state index < -0.39 is 5.16 Å². The first-order chi connectivity index (χ1) is 13.3. The van der Waals surface area contributed by atoms with Crippen LogP contribution < -0.4 is 0 Å². The molecule has 0 aliphatic rings. The summed E-state index contributed by atoms with van der Waals surface area (Å²) in [5.74, 6) is 1.17. The summed E-state index contributed by atoms with van der Waals surface area (Å²) in [4.78, 5) is 15.9. The second-order valence-corrected chi connectivity index (χ2v) is 9.88. The standard InChI is InChI=1S/C24H40NO2P/c1-7-9-13-21(8-2)16-24(28-27,22-14-11-10-12-15-22)23(26)25(17-19(3)4)18-20(5)6/h10-12,14-15,19-21H,7-9,13,16-18H2,1-6H3. The van der Waals surface area contributed by atoms with Crippen molar-refractivity contribution in [3.63, 3.8) is 0 Å². The van der Waals surface area contributed by atoms with Crippen molar-refractivity contribution in [1.29, 1.82) is 0 Å². The first-order valence-corrected chi connectivity index (χ1v) is 11.8. The van der Waals surface area contributed by atoms with Gasteiger partial charge in [-0.15, -0.1) is 0 Å². The molecule has 0 heterocycles. The fraction of sp³-hybridized carbons (Fsp3) is 0.708. The first-order valence-electron chi connectivity index (χ1n) is 11.0. The summed E-state index contributed by atoms with van der Waals surface area (Å²) in [6.45, 7) is 14.3. The number of rotatable bonds is 13. The fourth-order valence-electron chi connectivity index (χ4n) is 3.92. The molecule has 1 aromatic rings. The van der Waals surface area contributed by atoms with E-state index in [4.69, 9.17) is 0 Å². The van der Waals surface area contributed by atoms with Gasteiger partial charge in [-0.25, -0.2) is 0 Å². The molecule has 0 radical (unpaired) electrons. The normalized spacial score (nSPS) is 15.0. The Morgan fingerprint density at radius 2 is 1.61 bits per heavy atom. The van der Waals surface area contributed by atoms with Crippen LogP contribution in [0.4, 0.5) is 0 Å². The molecular formula is C24H40NO2P. The van der Waals surface area contributed by atoms with Gasteiger partial charge in [0.25, 0.3) is 0 Å². The summed E-state index contributed by atoms with van der Waals surface area (Å²) in [7, 11) is -0.0902. The molecule has 158 valence electrons. The molecular weight excluding hydrogens is 365 g/mol. The van der Waals surface area contributed by atoms with Crippen molar-refractivity contribution in [3.8, 4) is 0 Å². The van der Waals surface area contributed by atoms with Gasteiger partial charge in [-0.1, -0.05) is 97.6 Å². The van der Waals surface area contributed by atoms with E-state index in [1.165, 1.54) is 0 Å². The number of nitrogens with zero attached hydrogens (tertiary/aromatic N) is 1. The zero-order chi connectivity index (χ0) is 21.2. The summed E-state index contributed by atoms with van der Waals surface area (Å²) >= 11 is 0. The molecule has 0 spiro atoms. The third-order valence-corrected chi connectivity index (χ3v) is 6.29. The molecule has 4 heteroatoms. The number of benzene rings is 1. The van der Waals surface area contributed by atoms with Crippen LogP contribution in [0, 0.1) is 17.8 Å². The lowest BCUT2D eigenvalue weighted by Crippen LogP contribution is -2.47. The summed E-state index contributed by atoms with van der Waals surface area (Å²) in [5, 5.41) is -0.987. The van der Waals surface area contributed by atoms with Crippen LogP contribution in [-0.2, 0) is 14.5 Å². The van der Waals surface area contributed by atoms with E-state index in [1.54, 1.807) is 0 Å². The molecule has 2 atom stereocenters. The monoisotopic (exact) mass is 405 g/mol. The van der Waals surface area contributed by atoms with Crippen molar-refractivity contribution >= 4 is 14.4 Å². The Labute approximate surface area is 174 Å². The second kappa shape index (κ2) is 12.4. The second-order valence-electron chi connectivity index (χ2n) is 8.94. The Hall–Kier alpha value is -1.21. The maximum absolute atomic E-state index is 13.9. The molecule has 1 rings (SSSR count). The third kappa shape index (κ3) is 6.99. The summed E-state index contributed by atoms with van der Waals surface area (Å²) in [6.07, 6.45) is 5.02. The van der Waals surface area contributed by atoms with Gasteiger partial charge in [0.1, 0.15) is 0 Å². The molecule has 28 heavy (non-hydrogen) atoms. The predicted octanol–water partition coefficient (Wildman–Crippen LogP) is 6.92. The molecule has 0 bridgehead atoms. The van der Waals surface area contributed by atoms with Gasteiger partial charge < -0.3 is 4.90 Å². The predicted molar refractivity (Wildman–Crippen MR) is 120 cm³/mol. The average Bonchev–Trinajstić information content (AvgIpc) is 2.67. The molecule has 0 N–H and O–H groups in total. The Morgan fingerprint density at radius 3 is 2.04 bits per heavy atom. The Kier molecular flexibility index (Phi) is 11.0. The zero-order valence-corrected chi connectivity index (χ0v) is 19.7. The van der Waals surface area contributed by atoms with Gasteiger partial charge in [0.2, 0.25) is 5.91 Å². The van der Waals surface area contributed by atoms with Crippen molar-refractivity contribution < 1.29 is 9.36 Å². The van der Waals surface area contributed by atoms with E-state index >= 15 is 0 Å². The zero-order valence-electron chi connectivity index (χ0n) is 18.8. The van der Waals surface area contributed by atoms with E-state index in [0.717, 1.165) is 31.2 Å². The summed E-state index contributed by atoms with van der Waals surface area (Å²) < 4.78 is 12.7. The molecule has 0 saturated carbocycles. The lowest BCUT2D eigenvalue weighted by molar-refractivity contribution is -0.136. The molecule has 1 aromatic carbocycles. The Balaban J connectivity index is 3.37. The largest absolute Gasteiger partial charge is 0.341 e. The van der Waals surface area contributed by atoms with Crippen LogP contribution in [0.1, 0.15) is 79.2 Å². The first kappa shape index (κ1) is 24.8. The molecule has 2 unspecified atom stereocenters. The van der Waals surface area contributed by atoms with Crippen molar-refractivity contribution in [3.05, 3.63) is 35.9 Å². The minimum Gasteiger partial charge on any atom is -0.341 e. The molecule has 0 fully saturated rings. The number of carbonyl (C=O) groups excluding carboxylic acids is 1. The molecule has 0 aliphatic heterocycles. The van der Waals surface area contributed by atoms with Gasteiger partial charge in [-0.05, 0) is 29.7 Å². The van der Waals surface area contributed by atoms with E-state index in [1.807, 2.05) is 35.2 Å². The average molecular weight is 406 g/mol. The van der Waals surface area contributed by atoms with Crippen LogP contribution in [0.3, 0.4) is 0 Å². The van der Waals surface area contributed by atoms with Gasteiger partial charge in [-0.2, -0.15) is 0 Å². The lowest BCUT2D eigenvalue weighted by Gasteiger charge is -2.37. The van der Waals surface area contributed by atoms with E-state index in [-0.39, 0.29) is 14.4 Å². The van der Waals surface area contributed by atoms with E-state index in [9.17, 15) is 9.36 Å². The Morgan fingerprint density at radius 1 is 1.04 bits per heavy atom. The number of amides is 1. The minimum atomic E-state index is -0.987. The van der Waals surface area contributed by atoms with Gasteiger partial charge >= 0.3 is 0 Å². The molecule has 0 aromatic heterocycles. The smallest absolute Gasteiger partial charge is 0.245 e. The van der Waals surface area contributed by atoms with E-state index in [0.29, 0.717) is 37.3 Å². The maximum Gasteiger partial charge on any atom is 0.245 e.